The van der Waals surface area contributed by atoms with Crippen LogP contribution in [0.3, 0.4) is 0 Å². The Balaban J connectivity index is 1.53. The fourth-order valence-corrected chi connectivity index (χ4v) is 3.84. The van der Waals surface area contributed by atoms with Gasteiger partial charge in [0, 0.05) is 25.2 Å². The van der Waals surface area contributed by atoms with E-state index in [0.29, 0.717) is 24.5 Å². The summed E-state index contributed by atoms with van der Waals surface area (Å²) in [5.41, 5.74) is 2.19. The molecule has 4 nitrogen and oxygen atoms in total. The molecular weight excluding hydrogens is 276 g/mol. The maximum absolute atomic E-state index is 10.4. The molecule has 3 N–H and O–H groups in total. The van der Waals surface area contributed by atoms with Gasteiger partial charge in [-0.25, -0.2) is 0 Å². The van der Waals surface area contributed by atoms with Gasteiger partial charge in [-0.15, -0.1) is 0 Å². The number of aliphatic hydroxyl groups excluding tert-OH is 1. The zero-order valence-corrected chi connectivity index (χ0v) is 13.4. The van der Waals surface area contributed by atoms with Crippen LogP contribution in [-0.2, 0) is 4.74 Å². The van der Waals surface area contributed by atoms with E-state index < -0.39 is 6.10 Å². The summed E-state index contributed by atoms with van der Waals surface area (Å²) in [6.07, 6.45) is 3.28. The Hall–Kier alpha value is -0.940. The lowest BCUT2D eigenvalue weighted by molar-refractivity contribution is 0.0513. The largest absolute Gasteiger partial charge is 0.387 e. The molecule has 1 heterocycles. The van der Waals surface area contributed by atoms with Crippen molar-refractivity contribution in [3.63, 3.8) is 0 Å². The number of hydrogen-bond acceptors (Lipinski definition) is 4. The standard InChI is InChI=1S/C18H28N2O2/c1-13-4-2-5-14(10-13)18(21)11-20-16-7-3-6-15(16)17-12-22-9-8-19-17/h2,4-5,10,15-21H,3,6-9,11-12H2,1H3. The Morgan fingerprint density at radius 2 is 2.32 bits per heavy atom. The van der Waals surface area contributed by atoms with E-state index in [1.54, 1.807) is 0 Å². The number of hydrogen-bond donors (Lipinski definition) is 3. The van der Waals surface area contributed by atoms with E-state index in [2.05, 4.69) is 29.7 Å². The van der Waals surface area contributed by atoms with E-state index in [1.807, 2.05) is 12.1 Å². The van der Waals surface area contributed by atoms with E-state index in [-0.39, 0.29) is 0 Å². The van der Waals surface area contributed by atoms with Crippen molar-refractivity contribution in [1.29, 1.82) is 0 Å². The molecule has 122 valence electrons. The van der Waals surface area contributed by atoms with Gasteiger partial charge in [0.25, 0.3) is 0 Å². The highest BCUT2D eigenvalue weighted by atomic mass is 16.5. The molecule has 0 amide bonds. The molecule has 1 aromatic rings. The summed E-state index contributed by atoms with van der Waals surface area (Å²) < 4.78 is 5.61. The van der Waals surface area contributed by atoms with E-state index in [4.69, 9.17) is 4.74 Å². The SMILES string of the molecule is Cc1cccc(C(O)CNC2CCCC2C2COCCN2)c1. The molecule has 1 aromatic carbocycles. The van der Waals surface area contributed by atoms with Crippen molar-refractivity contribution < 1.29 is 9.84 Å². The Morgan fingerprint density at radius 3 is 3.09 bits per heavy atom. The second-order valence-electron chi connectivity index (χ2n) is 6.67. The van der Waals surface area contributed by atoms with Gasteiger partial charge in [0.05, 0.1) is 19.3 Å². The van der Waals surface area contributed by atoms with E-state index >= 15 is 0 Å². The topological polar surface area (TPSA) is 53.5 Å². The van der Waals surface area contributed by atoms with E-state index in [1.165, 1.54) is 24.8 Å². The summed E-state index contributed by atoms with van der Waals surface area (Å²) in [6.45, 7) is 5.29. The number of ether oxygens (including phenoxy) is 1. The van der Waals surface area contributed by atoms with Gasteiger partial charge in [0.2, 0.25) is 0 Å². The summed E-state index contributed by atoms with van der Waals surface area (Å²) in [4.78, 5) is 0. The Morgan fingerprint density at radius 1 is 1.41 bits per heavy atom. The summed E-state index contributed by atoms with van der Waals surface area (Å²) in [5, 5.41) is 17.6. The van der Waals surface area contributed by atoms with E-state index in [9.17, 15) is 5.11 Å². The molecule has 2 aliphatic rings. The van der Waals surface area contributed by atoms with Crippen molar-refractivity contribution >= 4 is 0 Å². The van der Waals surface area contributed by atoms with Crippen LogP contribution in [0.15, 0.2) is 24.3 Å². The van der Waals surface area contributed by atoms with Crippen molar-refractivity contribution in [2.45, 2.75) is 44.4 Å². The molecule has 3 rings (SSSR count). The molecule has 22 heavy (non-hydrogen) atoms. The predicted octanol–water partition coefficient (Wildman–Crippen LogP) is 1.78. The van der Waals surface area contributed by atoms with Crippen LogP contribution >= 0.6 is 0 Å². The van der Waals surface area contributed by atoms with Crippen LogP contribution in [0.1, 0.15) is 36.5 Å². The second kappa shape index (κ2) is 7.55. The number of nitrogens with one attached hydrogen (secondary N) is 2. The number of aryl methyl sites for hydroxylation is 1. The zero-order chi connectivity index (χ0) is 15.4. The quantitative estimate of drug-likeness (QED) is 0.776. The lowest BCUT2D eigenvalue weighted by Crippen LogP contribution is -2.51. The highest BCUT2D eigenvalue weighted by Crippen LogP contribution is 2.29. The molecule has 1 aliphatic carbocycles. The van der Waals surface area contributed by atoms with Crippen molar-refractivity contribution in [1.82, 2.24) is 10.6 Å². The number of benzene rings is 1. The highest BCUT2D eigenvalue weighted by Gasteiger charge is 2.34. The molecular formula is C18H28N2O2. The van der Waals surface area contributed by atoms with Crippen LogP contribution in [0, 0.1) is 12.8 Å². The van der Waals surface area contributed by atoms with Crippen LogP contribution < -0.4 is 10.6 Å². The first-order valence-corrected chi connectivity index (χ1v) is 8.53. The van der Waals surface area contributed by atoms with Crippen molar-refractivity contribution in [3.05, 3.63) is 35.4 Å². The highest BCUT2D eigenvalue weighted by molar-refractivity contribution is 5.24. The minimum Gasteiger partial charge on any atom is -0.387 e. The number of morpholine rings is 1. The molecule has 0 radical (unpaired) electrons. The normalized spacial score (nSPS) is 30.4. The van der Waals surface area contributed by atoms with Crippen LogP contribution in [0.5, 0.6) is 0 Å². The van der Waals surface area contributed by atoms with Crippen molar-refractivity contribution in [2.75, 3.05) is 26.3 Å². The summed E-state index contributed by atoms with van der Waals surface area (Å²) in [7, 11) is 0. The molecule has 2 fully saturated rings. The van der Waals surface area contributed by atoms with Crippen molar-refractivity contribution in [3.8, 4) is 0 Å². The van der Waals surface area contributed by atoms with Crippen LogP contribution in [0.2, 0.25) is 0 Å². The molecule has 0 bridgehead atoms. The predicted molar refractivity (Wildman–Crippen MR) is 87.9 cm³/mol. The lowest BCUT2D eigenvalue weighted by Gasteiger charge is -2.33. The summed E-state index contributed by atoms with van der Waals surface area (Å²) >= 11 is 0. The van der Waals surface area contributed by atoms with Crippen molar-refractivity contribution in [2.24, 2.45) is 5.92 Å². The first-order valence-electron chi connectivity index (χ1n) is 8.53. The fraction of sp³-hybridized carbons (Fsp3) is 0.667. The lowest BCUT2D eigenvalue weighted by atomic mass is 9.93. The first-order chi connectivity index (χ1) is 10.7. The minimum atomic E-state index is -0.434. The summed E-state index contributed by atoms with van der Waals surface area (Å²) in [6, 6.07) is 9.08. The van der Waals surface area contributed by atoms with Gasteiger partial charge < -0.3 is 20.5 Å². The van der Waals surface area contributed by atoms with Crippen LogP contribution in [0.4, 0.5) is 0 Å². The van der Waals surface area contributed by atoms with Gasteiger partial charge >= 0.3 is 0 Å². The Bertz CT molecular complexity index is 474. The van der Waals surface area contributed by atoms with Gasteiger partial charge in [-0.2, -0.15) is 0 Å². The smallest absolute Gasteiger partial charge is 0.0914 e. The molecule has 0 aromatic heterocycles. The van der Waals surface area contributed by atoms with Gasteiger partial charge in [-0.1, -0.05) is 36.2 Å². The third-order valence-corrected chi connectivity index (χ3v) is 5.04. The van der Waals surface area contributed by atoms with E-state index in [0.717, 1.165) is 25.3 Å². The van der Waals surface area contributed by atoms with Gasteiger partial charge in [-0.05, 0) is 31.2 Å². The van der Waals surface area contributed by atoms with Crippen LogP contribution in [-0.4, -0.2) is 43.5 Å². The Kier molecular flexibility index (Phi) is 5.47. The maximum atomic E-state index is 10.4. The third-order valence-electron chi connectivity index (χ3n) is 5.04. The molecule has 4 heteroatoms. The molecule has 0 spiro atoms. The fourth-order valence-electron chi connectivity index (χ4n) is 3.84. The average molecular weight is 304 g/mol. The summed E-state index contributed by atoms with van der Waals surface area (Å²) in [5.74, 6) is 0.616. The second-order valence-corrected chi connectivity index (χ2v) is 6.67. The average Bonchev–Trinajstić information content (AvgIpc) is 3.02. The molecule has 4 unspecified atom stereocenters. The monoisotopic (exact) mass is 304 g/mol. The molecule has 1 aliphatic heterocycles. The first kappa shape index (κ1) is 15.9. The zero-order valence-electron chi connectivity index (χ0n) is 13.4. The minimum absolute atomic E-state index is 0.434. The molecule has 4 atom stereocenters. The Labute approximate surface area is 133 Å². The van der Waals surface area contributed by atoms with Crippen LogP contribution in [0.25, 0.3) is 0 Å². The van der Waals surface area contributed by atoms with Gasteiger partial charge in [0.1, 0.15) is 0 Å². The molecule has 1 saturated carbocycles. The maximum Gasteiger partial charge on any atom is 0.0914 e. The number of aliphatic hydroxyl groups is 1. The molecule has 1 saturated heterocycles. The van der Waals surface area contributed by atoms with Gasteiger partial charge in [-0.3, -0.25) is 0 Å². The number of rotatable bonds is 5. The third kappa shape index (κ3) is 3.87. The van der Waals surface area contributed by atoms with Gasteiger partial charge in [0.15, 0.2) is 0 Å².